The van der Waals surface area contributed by atoms with Gasteiger partial charge in [0, 0.05) is 25.2 Å². The Hall–Kier alpha value is -2.57. The van der Waals surface area contributed by atoms with Crippen LogP contribution in [0.15, 0.2) is 18.2 Å². The lowest BCUT2D eigenvalue weighted by Crippen LogP contribution is -2.33. The molecule has 2 amide bonds. The van der Waals surface area contributed by atoms with E-state index in [1.165, 1.54) is 0 Å². The minimum Gasteiger partial charge on any atom is -0.481 e. The fourth-order valence-electron chi connectivity index (χ4n) is 2.37. The molecule has 0 fully saturated rings. The molecule has 0 aliphatic carbocycles. The summed E-state index contributed by atoms with van der Waals surface area (Å²) in [6, 6.07) is 5.40. The lowest BCUT2D eigenvalue weighted by Gasteiger charge is -2.24. The third-order valence-corrected chi connectivity index (χ3v) is 3.43. The average molecular weight is 334 g/mol. The van der Waals surface area contributed by atoms with Gasteiger partial charge in [0.05, 0.1) is 6.42 Å². The zero-order chi connectivity index (χ0) is 17.9. The van der Waals surface area contributed by atoms with Crippen LogP contribution in [-0.4, -0.2) is 33.6 Å². The topological polar surface area (TPSA) is 95.9 Å². The number of anilines is 1. The fraction of sp³-hybridized carbons (Fsp3) is 0.471. The van der Waals surface area contributed by atoms with Crippen LogP contribution < -0.4 is 5.32 Å². The van der Waals surface area contributed by atoms with E-state index in [1.807, 2.05) is 26.8 Å². The third-order valence-electron chi connectivity index (χ3n) is 3.43. The number of fused-ring (bicyclic) bond motifs is 1. The molecule has 0 spiro atoms. The van der Waals surface area contributed by atoms with Crippen molar-refractivity contribution in [1.29, 1.82) is 0 Å². The van der Waals surface area contributed by atoms with E-state index in [-0.39, 0.29) is 24.8 Å². The molecule has 1 aliphatic rings. The first-order valence-electron chi connectivity index (χ1n) is 7.75. The van der Waals surface area contributed by atoms with Crippen molar-refractivity contribution in [2.45, 2.75) is 52.3 Å². The number of nitrogens with zero attached hydrogens (tertiary/aromatic N) is 1. The largest absolute Gasteiger partial charge is 0.481 e. The molecule has 1 aromatic rings. The first kappa shape index (κ1) is 17.8. The maximum absolute atomic E-state index is 12.1. The van der Waals surface area contributed by atoms with Gasteiger partial charge in [-0.1, -0.05) is 6.07 Å². The Balaban J connectivity index is 1.97. The highest BCUT2D eigenvalue weighted by molar-refractivity contribution is 5.92. The number of benzene rings is 1. The van der Waals surface area contributed by atoms with E-state index in [0.717, 1.165) is 11.1 Å². The predicted octanol–water partition coefficient (Wildman–Crippen LogP) is 2.74. The minimum absolute atomic E-state index is 0.0730. The molecule has 0 saturated carbocycles. The van der Waals surface area contributed by atoms with Gasteiger partial charge in [0.1, 0.15) is 5.60 Å². The summed E-state index contributed by atoms with van der Waals surface area (Å²) >= 11 is 0. The van der Waals surface area contributed by atoms with Crippen molar-refractivity contribution in [3.05, 3.63) is 29.3 Å². The van der Waals surface area contributed by atoms with Crippen LogP contribution in [0.4, 0.5) is 10.5 Å². The van der Waals surface area contributed by atoms with E-state index in [4.69, 9.17) is 9.84 Å². The van der Waals surface area contributed by atoms with Gasteiger partial charge >= 0.3 is 12.1 Å². The Morgan fingerprint density at radius 3 is 2.46 bits per heavy atom. The molecule has 0 saturated heterocycles. The van der Waals surface area contributed by atoms with Crippen LogP contribution in [-0.2, 0) is 27.4 Å². The van der Waals surface area contributed by atoms with Gasteiger partial charge in [0.2, 0.25) is 5.91 Å². The van der Waals surface area contributed by atoms with Gasteiger partial charge in [-0.2, -0.15) is 0 Å². The van der Waals surface area contributed by atoms with Crippen molar-refractivity contribution in [1.82, 2.24) is 4.90 Å². The Morgan fingerprint density at radius 1 is 1.17 bits per heavy atom. The second kappa shape index (κ2) is 6.90. The number of carbonyl (C=O) groups excluding carboxylic acids is 2. The van der Waals surface area contributed by atoms with E-state index in [9.17, 15) is 14.4 Å². The summed E-state index contributed by atoms with van der Waals surface area (Å²) in [6.45, 7) is 6.34. The molecule has 0 radical (unpaired) electrons. The lowest BCUT2D eigenvalue weighted by molar-refractivity contribution is -0.138. The Kier molecular flexibility index (Phi) is 5.11. The molecule has 130 valence electrons. The highest BCUT2D eigenvalue weighted by atomic mass is 16.6. The average Bonchev–Trinajstić information content (AvgIpc) is 2.86. The molecule has 0 unspecified atom stereocenters. The van der Waals surface area contributed by atoms with Crippen LogP contribution >= 0.6 is 0 Å². The molecule has 1 aromatic carbocycles. The molecule has 7 heteroatoms. The van der Waals surface area contributed by atoms with Gasteiger partial charge in [-0.3, -0.25) is 14.5 Å². The summed E-state index contributed by atoms with van der Waals surface area (Å²) in [7, 11) is 0. The molecule has 2 rings (SSSR count). The van der Waals surface area contributed by atoms with Gasteiger partial charge in [-0.05, 0) is 44.0 Å². The van der Waals surface area contributed by atoms with E-state index in [0.29, 0.717) is 18.8 Å². The number of carbonyl (C=O) groups is 3. The summed E-state index contributed by atoms with van der Waals surface area (Å²) in [4.78, 5) is 35.9. The van der Waals surface area contributed by atoms with Crippen molar-refractivity contribution < 1.29 is 24.2 Å². The van der Waals surface area contributed by atoms with Crippen LogP contribution in [0, 0.1) is 0 Å². The predicted molar refractivity (Wildman–Crippen MR) is 87.4 cm³/mol. The monoisotopic (exact) mass is 334 g/mol. The van der Waals surface area contributed by atoms with E-state index >= 15 is 0 Å². The first-order chi connectivity index (χ1) is 11.1. The highest BCUT2D eigenvalue weighted by Crippen LogP contribution is 2.27. The van der Waals surface area contributed by atoms with Crippen molar-refractivity contribution in [3.8, 4) is 0 Å². The van der Waals surface area contributed by atoms with Gasteiger partial charge in [-0.25, -0.2) is 4.79 Å². The van der Waals surface area contributed by atoms with Gasteiger partial charge < -0.3 is 15.2 Å². The molecule has 0 bridgehead atoms. The van der Waals surface area contributed by atoms with Crippen molar-refractivity contribution in [2.24, 2.45) is 0 Å². The highest BCUT2D eigenvalue weighted by Gasteiger charge is 2.27. The second-order valence-electron chi connectivity index (χ2n) is 6.76. The summed E-state index contributed by atoms with van der Waals surface area (Å²) < 4.78 is 5.36. The maximum atomic E-state index is 12.1. The molecule has 1 aliphatic heterocycles. The number of hydrogen-bond acceptors (Lipinski definition) is 4. The lowest BCUT2D eigenvalue weighted by atomic mass is 10.1. The number of rotatable bonds is 4. The number of aliphatic carboxylic acids is 1. The summed E-state index contributed by atoms with van der Waals surface area (Å²) in [6.07, 6.45) is -0.648. The smallest absolute Gasteiger partial charge is 0.410 e. The summed E-state index contributed by atoms with van der Waals surface area (Å²) in [5, 5.41) is 11.3. The molecule has 0 aromatic heterocycles. The number of carboxylic acids is 1. The first-order valence-corrected chi connectivity index (χ1v) is 7.75. The fourth-order valence-corrected chi connectivity index (χ4v) is 2.37. The van der Waals surface area contributed by atoms with Crippen LogP contribution in [0.5, 0.6) is 0 Å². The Morgan fingerprint density at radius 2 is 1.83 bits per heavy atom. The van der Waals surface area contributed by atoms with E-state index < -0.39 is 11.6 Å². The van der Waals surface area contributed by atoms with Gasteiger partial charge in [0.15, 0.2) is 0 Å². The SMILES string of the molecule is CC(C)(C)OC(=O)N1Cc2ccc(NC(=O)CCC(=O)O)cc2C1. The van der Waals surface area contributed by atoms with Crippen LogP contribution in [0.3, 0.4) is 0 Å². The number of carboxylic acid groups (broad SMARTS) is 1. The molecule has 7 nitrogen and oxygen atoms in total. The Labute approximate surface area is 140 Å². The second-order valence-corrected chi connectivity index (χ2v) is 6.76. The van der Waals surface area contributed by atoms with Crippen LogP contribution in [0.25, 0.3) is 0 Å². The van der Waals surface area contributed by atoms with Gasteiger partial charge in [0.25, 0.3) is 0 Å². The van der Waals surface area contributed by atoms with Crippen molar-refractivity contribution in [2.75, 3.05) is 5.32 Å². The maximum Gasteiger partial charge on any atom is 0.410 e. The number of hydrogen-bond donors (Lipinski definition) is 2. The van der Waals surface area contributed by atoms with Crippen LogP contribution in [0.1, 0.15) is 44.7 Å². The minimum atomic E-state index is -1.01. The standard InChI is InChI=1S/C17H22N2O5/c1-17(2,3)24-16(23)19-9-11-4-5-13(8-12(11)10-19)18-14(20)6-7-15(21)22/h4-5,8H,6-7,9-10H2,1-3H3,(H,18,20)(H,21,22). The van der Waals surface area contributed by atoms with Crippen molar-refractivity contribution >= 4 is 23.7 Å². The normalized spacial score (nSPS) is 13.4. The number of amides is 2. The third kappa shape index (κ3) is 4.97. The van der Waals surface area contributed by atoms with E-state index in [1.54, 1.807) is 17.0 Å². The van der Waals surface area contributed by atoms with E-state index in [2.05, 4.69) is 5.32 Å². The molecular formula is C17H22N2O5. The number of nitrogens with one attached hydrogen (secondary N) is 1. The zero-order valence-corrected chi connectivity index (χ0v) is 14.1. The molecule has 1 heterocycles. The molecule has 24 heavy (non-hydrogen) atoms. The molecule has 0 atom stereocenters. The van der Waals surface area contributed by atoms with Crippen LogP contribution in [0.2, 0.25) is 0 Å². The quantitative estimate of drug-likeness (QED) is 0.882. The van der Waals surface area contributed by atoms with Gasteiger partial charge in [-0.15, -0.1) is 0 Å². The Bertz CT molecular complexity index is 663. The van der Waals surface area contributed by atoms with Crippen molar-refractivity contribution in [3.63, 3.8) is 0 Å². The number of ether oxygens (including phenoxy) is 1. The summed E-state index contributed by atoms with van der Waals surface area (Å²) in [5.41, 5.74) is 1.99. The molecular weight excluding hydrogens is 312 g/mol. The zero-order valence-electron chi connectivity index (χ0n) is 14.1. The molecule has 2 N–H and O–H groups in total. The summed E-state index contributed by atoms with van der Waals surface area (Å²) in [5.74, 6) is -1.36.